The molecule has 0 amide bonds. The lowest BCUT2D eigenvalue weighted by Crippen LogP contribution is -2.19. The van der Waals surface area contributed by atoms with Gasteiger partial charge in [0.2, 0.25) is 0 Å². The summed E-state index contributed by atoms with van der Waals surface area (Å²) in [5.74, 6) is -2.08. The summed E-state index contributed by atoms with van der Waals surface area (Å²) in [5.41, 5.74) is 1.14. The molecule has 0 fully saturated rings. The number of rotatable bonds is 4. The zero-order valence-corrected chi connectivity index (χ0v) is 11.7. The Bertz CT molecular complexity index is 546. The van der Waals surface area contributed by atoms with E-state index >= 15 is 0 Å². The molecule has 0 aliphatic rings. The minimum atomic E-state index is -0.975. The number of esters is 1. The van der Waals surface area contributed by atoms with Crippen molar-refractivity contribution in [3.05, 3.63) is 39.9 Å². The molecule has 4 nitrogen and oxygen atoms in total. The summed E-state index contributed by atoms with van der Waals surface area (Å²) >= 11 is 5.88. The highest BCUT2D eigenvalue weighted by Crippen LogP contribution is 2.22. The van der Waals surface area contributed by atoms with E-state index in [1.54, 1.807) is 32.0 Å². The van der Waals surface area contributed by atoms with Gasteiger partial charge in [-0.25, -0.2) is 4.79 Å². The molecule has 1 aromatic carbocycles. The molecule has 102 valence electrons. The van der Waals surface area contributed by atoms with E-state index in [9.17, 15) is 14.7 Å². The fourth-order valence-corrected chi connectivity index (χ4v) is 1.58. The average Bonchev–Trinajstić information content (AvgIpc) is 2.39. The lowest BCUT2D eigenvalue weighted by atomic mass is 10.0. The second-order valence-electron chi connectivity index (χ2n) is 3.99. The van der Waals surface area contributed by atoms with Crippen molar-refractivity contribution in [1.82, 2.24) is 0 Å². The highest BCUT2D eigenvalue weighted by molar-refractivity contribution is 6.41. The van der Waals surface area contributed by atoms with Gasteiger partial charge in [-0.3, -0.25) is 4.79 Å². The second kappa shape index (κ2) is 6.38. The minimum absolute atomic E-state index is 0.0554. The summed E-state index contributed by atoms with van der Waals surface area (Å²) in [6.45, 7) is 4.87. The Balaban J connectivity index is 3.10. The number of benzene rings is 1. The quantitative estimate of drug-likeness (QED) is 0.399. The maximum atomic E-state index is 11.7. The molecule has 1 rings (SSSR count). The number of aryl methyl sites for hydroxylation is 1. The van der Waals surface area contributed by atoms with Crippen LogP contribution in [0.4, 0.5) is 0 Å². The molecular weight excluding hydrogens is 268 g/mol. The molecule has 0 saturated heterocycles. The van der Waals surface area contributed by atoms with Crippen LogP contribution in [0.3, 0.4) is 0 Å². The number of hydrogen-bond donors (Lipinski definition) is 1. The molecule has 0 aliphatic heterocycles. The molecule has 0 bridgehead atoms. The van der Waals surface area contributed by atoms with Crippen LogP contribution in [0, 0.1) is 6.92 Å². The van der Waals surface area contributed by atoms with Crippen LogP contribution >= 0.6 is 11.6 Å². The van der Waals surface area contributed by atoms with Crippen LogP contribution < -0.4 is 0 Å². The Hall–Kier alpha value is -1.81. The molecule has 0 unspecified atom stereocenters. The fraction of sp³-hybridized carbons (Fsp3) is 0.286. The van der Waals surface area contributed by atoms with Crippen LogP contribution in [-0.2, 0) is 14.3 Å². The molecule has 1 aromatic rings. The summed E-state index contributed by atoms with van der Waals surface area (Å²) in [4.78, 5) is 23.0. The predicted molar refractivity (Wildman–Crippen MR) is 73.1 cm³/mol. The highest BCUT2D eigenvalue weighted by atomic mass is 35.5. The SMILES string of the molecule is CCOC(=O)C(=O)C(C)=C(O)c1ccc(Cl)c(C)c1. The van der Waals surface area contributed by atoms with E-state index in [0.29, 0.717) is 10.6 Å². The van der Waals surface area contributed by atoms with Gasteiger partial charge in [0.05, 0.1) is 6.61 Å². The lowest BCUT2D eigenvalue weighted by Gasteiger charge is -2.07. The lowest BCUT2D eigenvalue weighted by molar-refractivity contribution is -0.151. The molecule has 0 heterocycles. The second-order valence-corrected chi connectivity index (χ2v) is 4.39. The molecule has 0 atom stereocenters. The van der Waals surface area contributed by atoms with Crippen LogP contribution in [0.5, 0.6) is 0 Å². The van der Waals surface area contributed by atoms with Crippen molar-refractivity contribution in [3.63, 3.8) is 0 Å². The van der Waals surface area contributed by atoms with E-state index in [0.717, 1.165) is 5.56 Å². The van der Waals surface area contributed by atoms with Crippen molar-refractivity contribution in [2.24, 2.45) is 0 Å². The maximum Gasteiger partial charge on any atom is 0.379 e. The first-order chi connectivity index (χ1) is 8.88. The monoisotopic (exact) mass is 282 g/mol. The van der Waals surface area contributed by atoms with Crippen molar-refractivity contribution in [2.45, 2.75) is 20.8 Å². The smallest absolute Gasteiger partial charge is 0.379 e. The number of aliphatic hydroxyl groups is 1. The zero-order chi connectivity index (χ0) is 14.6. The van der Waals surface area contributed by atoms with Gasteiger partial charge in [0.1, 0.15) is 5.76 Å². The first kappa shape index (κ1) is 15.2. The number of halogens is 1. The summed E-state index contributed by atoms with van der Waals surface area (Å²) in [5, 5.41) is 10.6. The molecule has 19 heavy (non-hydrogen) atoms. The molecule has 0 saturated carbocycles. The first-order valence-corrected chi connectivity index (χ1v) is 6.14. The third-order valence-electron chi connectivity index (χ3n) is 2.59. The van der Waals surface area contributed by atoms with Crippen molar-refractivity contribution in [2.75, 3.05) is 6.61 Å². The zero-order valence-electron chi connectivity index (χ0n) is 11.0. The molecule has 1 N–H and O–H groups in total. The maximum absolute atomic E-state index is 11.7. The molecule has 0 aromatic heterocycles. The van der Waals surface area contributed by atoms with Crippen LogP contribution in [0.2, 0.25) is 5.02 Å². The Morgan fingerprint density at radius 1 is 1.37 bits per heavy atom. The van der Waals surface area contributed by atoms with Gasteiger partial charge >= 0.3 is 5.97 Å². The van der Waals surface area contributed by atoms with Gasteiger partial charge in [0.25, 0.3) is 5.78 Å². The van der Waals surface area contributed by atoms with Crippen LogP contribution in [0.25, 0.3) is 5.76 Å². The van der Waals surface area contributed by atoms with Crippen LogP contribution in [0.1, 0.15) is 25.0 Å². The van der Waals surface area contributed by atoms with E-state index in [1.165, 1.54) is 6.92 Å². The minimum Gasteiger partial charge on any atom is -0.507 e. The summed E-state index contributed by atoms with van der Waals surface area (Å²) in [6.07, 6.45) is 0. The van der Waals surface area contributed by atoms with E-state index in [-0.39, 0.29) is 17.9 Å². The number of aliphatic hydroxyl groups excluding tert-OH is 1. The Morgan fingerprint density at radius 3 is 2.53 bits per heavy atom. The third kappa shape index (κ3) is 3.58. The highest BCUT2D eigenvalue weighted by Gasteiger charge is 2.21. The summed E-state index contributed by atoms with van der Waals surface area (Å²) in [7, 11) is 0. The predicted octanol–water partition coefficient (Wildman–Crippen LogP) is 3.07. The first-order valence-electron chi connectivity index (χ1n) is 5.76. The Kier molecular flexibility index (Phi) is 5.12. The van der Waals surface area contributed by atoms with E-state index in [4.69, 9.17) is 11.6 Å². The Morgan fingerprint density at radius 2 is 2.00 bits per heavy atom. The fourth-order valence-electron chi connectivity index (χ4n) is 1.47. The van der Waals surface area contributed by atoms with Gasteiger partial charge in [-0.1, -0.05) is 11.6 Å². The van der Waals surface area contributed by atoms with Gasteiger partial charge in [-0.05, 0) is 44.5 Å². The van der Waals surface area contributed by atoms with Crippen molar-refractivity contribution >= 4 is 29.1 Å². The summed E-state index contributed by atoms with van der Waals surface area (Å²) < 4.78 is 4.60. The topological polar surface area (TPSA) is 63.6 Å². The van der Waals surface area contributed by atoms with Gasteiger partial charge in [-0.2, -0.15) is 0 Å². The molecule has 0 spiro atoms. The van der Waals surface area contributed by atoms with Crippen molar-refractivity contribution in [3.8, 4) is 0 Å². The number of carbonyl (C=O) groups is 2. The number of Topliss-reactive ketones (excluding diaryl/α,β-unsaturated/α-hetero) is 1. The number of ketones is 1. The molecule has 0 radical (unpaired) electrons. The van der Waals surface area contributed by atoms with Gasteiger partial charge in [-0.15, -0.1) is 0 Å². The largest absolute Gasteiger partial charge is 0.507 e. The van der Waals surface area contributed by atoms with Gasteiger partial charge < -0.3 is 9.84 Å². The van der Waals surface area contributed by atoms with Crippen molar-refractivity contribution < 1.29 is 19.4 Å². The van der Waals surface area contributed by atoms with Gasteiger partial charge in [0.15, 0.2) is 0 Å². The van der Waals surface area contributed by atoms with Gasteiger partial charge in [0, 0.05) is 16.2 Å². The standard InChI is InChI=1S/C14H15ClO4/c1-4-19-14(18)13(17)9(3)12(16)10-5-6-11(15)8(2)7-10/h5-7,16H,4H2,1-3H3. The number of hydrogen-bond acceptors (Lipinski definition) is 4. The molecule has 0 aliphatic carbocycles. The Labute approximate surface area is 116 Å². The van der Waals surface area contributed by atoms with Crippen LogP contribution in [-0.4, -0.2) is 23.5 Å². The normalized spacial score (nSPS) is 11.8. The van der Waals surface area contributed by atoms with E-state index in [1.807, 2.05) is 0 Å². The van der Waals surface area contributed by atoms with E-state index < -0.39 is 11.8 Å². The van der Waals surface area contributed by atoms with E-state index in [2.05, 4.69) is 4.74 Å². The number of ether oxygens (including phenoxy) is 1. The summed E-state index contributed by atoms with van der Waals surface area (Å²) in [6, 6.07) is 4.83. The van der Waals surface area contributed by atoms with Crippen molar-refractivity contribution in [1.29, 1.82) is 0 Å². The molecule has 5 heteroatoms. The third-order valence-corrected chi connectivity index (χ3v) is 3.01. The molecular formula is C14H15ClO4. The van der Waals surface area contributed by atoms with Crippen LogP contribution in [0.15, 0.2) is 23.8 Å². The number of carbonyl (C=O) groups excluding carboxylic acids is 2. The average molecular weight is 283 g/mol.